The third-order valence-corrected chi connectivity index (χ3v) is 3.88. The Labute approximate surface area is 93.7 Å². The van der Waals surface area contributed by atoms with Gasteiger partial charge in [-0.05, 0) is 36.0 Å². The number of rotatable bonds is 4. The summed E-state index contributed by atoms with van der Waals surface area (Å²) in [6, 6.07) is 3.55. The Morgan fingerprint density at radius 3 is 3.07 bits per heavy atom. The average Bonchev–Trinajstić information content (AvgIpc) is 2.23. The first-order valence-corrected chi connectivity index (χ1v) is 6.27. The van der Waals surface area contributed by atoms with Gasteiger partial charge >= 0.3 is 0 Å². The molecule has 0 bridgehead atoms. The van der Waals surface area contributed by atoms with Crippen LogP contribution >= 0.6 is 11.8 Å². The first-order chi connectivity index (χ1) is 7.36. The third-order valence-electron chi connectivity index (χ3n) is 2.47. The molecule has 1 N–H and O–H groups in total. The van der Waals surface area contributed by atoms with Crippen LogP contribution in [0.1, 0.15) is 16.8 Å². The van der Waals surface area contributed by atoms with E-state index in [1.54, 1.807) is 24.5 Å². The van der Waals surface area contributed by atoms with Gasteiger partial charge in [-0.25, -0.2) is 0 Å². The summed E-state index contributed by atoms with van der Waals surface area (Å²) in [6.07, 6.45) is 4.36. The molecule has 0 unspecified atom stereocenters. The zero-order valence-corrected chi connectivity index (χ0v) is 9.30. The van der Waals surface area contributed by atoms with Gasteiger partial charge in [0.05, 0.1) is 5.56 Å². The van der Waals surface area contributed by atoms with Gasteiger partial charge in [0, 0.05) is 18.9 Å². The summed E-state index contributed by atoms with van der Waals surface area (Å²) in [5.41, 5.74) is 0.639. The fourth-order valence-corrected chi connectivity index (χ4v) is 2.34. The topological polar surface area (TPSA) is 42.0 Å². The normalized spacial score (nSPS) is 15.7. The summed E-state index contributed by atoms with van der Waals surface area (Å²) in [4.78, 5) is 15.5. The molecule has 1 aliphatic rings. The summed E-state index contributed by atoms with van der Waals surface area (Å²) in [6.45, 7) is 0.777. The number of hydrogen-bond acceptors (Lipinski definition) is 3. The van der Waals surface area contributed by atoms with Crippen LogP contribution in [-0.4, -0.2) is 28.9 Å². The molecular formula is C11H14N2OS. The maximum absolute atomic E-state index is 11.6. The number of carbonyl (C=O) groups excluding carboxylic acids is 1. The van der Waals surface area contributed by atoms with Crippen molar-refractivity contribution in [2.45, 2.75) is 6.42 Å². The Bertz CT molecular complexity index is 325. The van der Waals surface area contributed by atoms with Crippen molar-refractivity contribution in [3.8, 4) is 0 Å². The number of amides is 1. The first kappa shape index (κ1) is 10.5. The molecule has 1 aliphatic heterocycles. The molecule has 0 atom stereocenters. The van der Waals surface area contributed by atoms with E-state index in [-0.39, 0.29) is 5.91 Å². The second-order valence-electron chi connectivity index (χ2n) is 3.69. The monoisotopic (exact) mass is 222 g/mol. The van der Waals surface area contributed by atoms with Crippen LogP contribution in [0.3, 0.4) is 0 Å². The van der Waals surface area contributed by atoms with Crippen molar-refractivity contribution in [1.29, 1.82) is 0 Å². The fraction of sp³-hybridized carbons (Fsp3) is 0.455. The quantitative estimate of drug-likeness (QED) is 0.840. The number of pyridine rings is 1. The van der Waals surface area contributed by atoms with Crippen LogP contribution in [0.4, 0.5) is 0 Å². The van der Waals surface area contributed by atoms with Gasteiger partial charge in [0.15, 0.2) is 0 Å². The van der Waals surface area contributed by atoms with Gasteiger partial charge in [-0.3, -0.25) is 9.78 Å². The van der Waals surface area contributed by atoms with E-state index >= 15 is 0 Å². The standard InChI is InChI=1S/C11H14N2OS/c14-11(10-2-1-4-12-6-10)13-5-3-9-7-15-8-9/h1-2,4,6,9H,3,5,7-8H2,(H,13,14). The third kappa shape index (κ3) is 2.96. The lowest BCUT2D eigenvalue weighted by atomic mass is 10.1. The summed E-state index contributed by atoms with van der Waals surface area (Å²) >= 11 is 1.98. The molecule has 1 aromatic heterocycles. The average molecular weight is 222 g/mol. The van der Waals surface area contributed by atoms with Crippen LogP contribution in [0.5, 0.6) is 0 Å². The maximum atomic E-state index is 11.6. The molecular weight excluding hydrogens is 208 g/mol. The lowest BCUT2D eigenvalue weighted by Crippen LogP contribution is -2.29. The molecule has 2 heterocycles. The zero-order valence-electron chi connectivity index (χ0n) is 8.48. The minimum absolute atomic E-state index is 0.0184. The van der Waals surface area contributed by atoms with Gasteiger partial charge < -0.3 is 5.32 Å². The van der Waals surface area contributed by atoms with Gasteiger partial charge in [-0.2, -0.15) is 11.8 Å². The Balaban J connectivity index is 1.72. The van der Waals surface area contributed by atoms with Crippen LogP contribution in [0.15, 0.2) is 24.5 Å². The van der Waals surface area contributed by atoms with Crippen LogP contribution < -0.4 is 5.32 Å². The zero-order chi connectivity index (χ0) is 10.5. The Kier molecular flexibility index (Phi) is 3.61. The Hall–Kier alpha value is -1.03. The molecule has 80 valence electrons. The van der Waals surface area contributed by atoms with Crippen LogP contribution in [0.25, 0.3) is 0 Å². The SMILES string of the molecule is O=C(NCCC1CSC1)c1cccnc1. The highest BCUT2D eigenvalue weighted by Crippen LogP contribution is 2.26. The van der Waals surface area contributed by atoms with Crippen molar-refractivity contribution in [2.75, 3.05) is 18.1 Å². The second-order valence-corrected chi connectivity index (χ2v) is 4.76. The number of nitrogens with zero attached hydrogens (tertiary/aromatic N) is 1. The maximum Gasteiger partial charge on any atom is 0.252 e. The summed E-state index contributed by atoms with van der Waals surface area (Å²) in [5.74, 6) is 3.30. The van der Waals surface area contributed by atoms with E-state index in [2.05, 4.69) is 10.3 Å². The van der Waals surface area contributed by atoms with E-state index in [0.29, 0.717) is 5.56 Å². The largest absolute Gasteiger partial charge is 0.352 e. The molecule has 3 nitrogen and oxygen atoms in total. The van der Waals surface area contributed by atoms with E-state index in [1.807, 2.05) is 11.8 Å². The Morgan fingerprint density at radius 2 is 2.47 bits per heavy atom. The minimum Gasteiger partial charge on any atom is -0.352 e. The molecule has 0 spiro atoms. The minimum atomic E-state index is -0.0184. The van der Waals surface area contributed by atoms with E-state index in [4.69, 9.17) is 0 Å². The van der Waals surface area contributed by atoms with Crippen molar-refractivity contribution in [2.24, 2.45) is 5.92 Å². The van der Waals surface area contributed by atoms with Gasteiger partial charge in [-0.15, -0.1) is 0 Å². The van der Waals surface area contributed by atoms with E-state index in [9.17, 15) is 4.79 Å². The molecule has 0 saturated carbocycles. The van der Waals surface area contributed by atoms with Gasteiger partial charge in [-0.1, -0.05) is 0 Å². The molecule has 0 radical (unpaired) electrons. The number of thioether (sulfide) groups is 1. The fourth-order valence-electron chi connectivity index (χ4n) is 1.44. The predicted octanol–water partition coefficient (Wildman–Crippen LogP) is 1.56. The summed E-state index contributed by atoms with van der Waals surface area (Å²) in [7, 11) is 0. The highest BCUT2D eigenvalue weighted by molar-refractivity contribution is 8.00. The predicted molar refractivity (Wildman–Crippen MR) is 62.0 cm³/mol. The first-order valence-electron chi connectivity index (χ1n) is 5.12. The van der Waals surface area contributed by atoms with Crippen molar-refractivity contribution in [3.63, 3.8) is 0 Å². The Morgan fingerprint density at radius 1 is 1.60 bits per heavy atom. The lowest BCUT2D eigenvalue weighted by molar-refractivity contribution is 0.0951. The number of aromatic nitrogens is 1. The lowest BCUT2D eigenvalue weighted by Gasteiger charge is -2.24. The van der Waals surface area contributed by atoms with Crippen molar-refractivity contribution < 1.29 is 4.79 Å². The molecule has 2 rings (SSSR count). The molecule has 15 heavy (non-hydrogen) atoms. The summed E-state index contributed by atoms with van der Waals surface area (Å²) < 4.78 is 0. The van der Waals surface area contributed by atoms with Crippen molar-refractivity contribution in [3.05, 3.63) is 30.1 Å². The summed E-state index contributed by atoms with van der Waals surface area (Å²) in [5, 5.41) is 2.91. The molecule has 1 aromatic rings. The molecule has 1 saturated heterocycles. The van der Waals surface area contributed by atoms with Crippen LogP contribution in [0.2, 0.25) is 0 Å². The molecule has 0 aromatic carbocycles. The van der Waals surface area contributed by atoms with Gasteiger partial charge in [0.2, 0.25) is 0 Å². The number of carbonyl (C=O) groups is 1. The highest BCUT2D eigenvalue weighted by atomic mass is 32.2. The van der Waals surface area contributed by atoms with Crippen LogP contribution in [0, 0.1) is 5.92 Å². The van der Waals surface area contributed by atoms with E-state index < -0.39 is 0 Å². The molecule has 0 aliphatic carbocycles. The highest BCUT2D eigenvalue weighted by Gasteiger charge is 2.17. The van der Waals surface area contributed by atoms with Crippen molar-refractivity contribution in [1.82, 2.24) is 10.3 Å². The van der Waals surface area contributed by atoms with E-state index in [1.165, 1.54) is 11.5 Å². The molecule has 1 fully saturated rings. The van der Waals surface area contributed by atoms with Gasteiger partial charge in [0.1, 0.15) is 0 Å². The number of nitrogens with one attached hydrogen (secondary N) is 1. The van der Waals surface area contributed by atoms with Gasteiger partial charge in [0.25, 0.3) is 5.91 Å². The molecule has 4 heteroatoms. The van der Waals surface area contributed by atoms with Crippen LogP contribution in [-0.2, 0) is 0 Å². The van der Waals surface area contributed by atoms with Crippen molar-refractivity contribution >= 4 is 17.7 Å². The smallest absolute Gasteiger partial charge is 0.252 e. The second kappa shape index (κ2) is 5.16. The van der Waals surface area contributed by atoms with E-state index in [0.717, 1.165) is 18.9 Å². The number of hydrogen-bond donors (Lipinski definition) is 1. The molecule has 1 amide bonds.